The van der Waals surface area contributed by atoms with Crippen LogP contribution >= 0.6 is 11.3 Å². The minimum Gasteiger partial charge on any atom is -0.399 e. The summed E-state index contributed by atoms with van der Waals surface area (Å²) in [6, 6.07) is 9.11. The van der Waals surface area contributed by atoms with E-state index >= 15 is 0 Å². The summed E-state index contributed by atoms with van der Waals surface area (Å²) < 4.78 is 0. The van der Waals surface area contributed by atoms with E-state index in [1.807, 2.05) is 29.0 Å². The summed E-state index contributed by atoms with van der Waals surface area (Å²) in [6.07, 6.45) is 0.401. The van der Waals surface area contributed by atoms with Crippen LogP contribution in [0.4, 0.5) is 11.4 Å². The summed E-state index contributed by atoms with van der Waals surface area (Å²) >= 11 is 1.59. The molecular formula is C12H12N2OS. The van der Waals surface area contributed by atoms with Crippen molar-refractivity contribution in [2.75, 3.05) is 11.1 Å². The minimum atomic E-state index is -0.0241. The molecule has 3 N–H and O–H groups in total. The zero-order valence-electron chi connectivity index (χ0n) is 8.64. The summed E-state index contributed by atoms with van der Waals surface area (Å²) in [5, 5.41) is 6.74. The first-order valence-corrected chi connectivity index (χ1v) is 5.85. The lowest BCUT2D eigenvalue weighted by Gasteiger charge is -2.04. The van der Waals surface area contributed by atoms with E-state index in [1.54, 1.807) is 23.5 Å². The number of amides is 1. The van der Waals surface area contributed by atoms with Crippen molar-refractivity contribution in [3.8, 4) is 0 Å². The molecule has 0 atom stereocenters. The molecule has 2 rings (SSSR count). The molecule has 0 radical (unpaired) electrons. The Hall–Kier alpha value is -1.81. The fourth-order valence-electron chi connectivity index (χ4n) is 1.40. The first-order chi connectivity index (χ1) is 7.74. The molecule has 4 heteroatoms. The monoisotopic (exact) mass is 232 g/mol. The van der Waals surface area contributed by atoms with E-state index in [1.165, 1.54) is 0 Å². The molecule has 16 heavy (non-hydrogen) atoms. The lowest BCUT2D eigenvalue weighted by Crippen LogP contribution is -2.13. The lowest BCUT2D eigenvalue weighted by molar-refractivity contribution is -0.115. The standard InChI is InChI=1S/C12H12N2OS/c13-10-2-1-3-11(7-10)14-12(15)6-9-4-5-16-8-9/h1-5,7-8H,6,13H2,(H,14,15). The van der Waals surface area contributed by atoms with Crippen molar-refractivity contribution in [3.63, 3.8) is 0 Å². The van der Waals surface area contributed by atoms with Gasteiger partial charge in [0.1, 0.15) is 0 Å². The molecule has 2 aromatic rings. The van der Waals surface area contributed by atoms with E-state index in [2.05, 4.69) is 5.32 Å². The molecular weight excluding hydrogens is 220 g/mol. The summed E-state index contributed by atoms with van der Waals surface area (Å²) in [6.45, 7) is 0. The van der Waals surface area contributed by atoms with Gasteiger partial charge in [-0.25, -0.2) is 0 Å². The van der Waals surface area contributed by atoms with E-state index in [-0.39, 0.29) is 5.91 Å². The van der Waals surface area contributed by atoms with Gasteiger partial charge in [-0.1, -0.05) is 6.07 Å². The number of carbonyl (C=O) groups is 1. The zero-order chi connectivity index (χ0) is 11.4. The highest BCUT2D eigenvalue weighted by molar-refractivity contribution is 7.08. The molecule has 0 unspecified atom stereocenters. The number of rotatable bonds is 3. The quantitative estimate of drug-likeness (QED) is 0.799. The van der Waals surface area contributed by atoms with Gasteiger partial charge in [-0.15, -0.1) is 0 Å². The van der Waals surface area contributed by atoms with Crippen LogP contribution in [0.3, 0.4) is 0 Å². The SMILES string of the molecule is Nc1cccc(NC(=O)Cc2ccsc2)c1. The van der Waals surface area contributed by atoms with Crippen LogP contribution in [0.1, 0.15) is 5.56 Å². The second kappa shape index (κ2) is 4.81. The fourth-order valence-corrected chi connectivity index (χ4v) is 2.07. The maximum Gasteiger partial charge on any atom is 0.228 e. The first-order valence-electron chi connectivity index (χ1n) is 4.90. The van der Waals surface area contributed by atoms with Crippen molar-refractivity contribution in [2.45, 2.75) is 6.42 Å². The van der Waals surface area contributed by atoms with E-state index in [0.717, 1.165) is 11.3 Å². The van der Waals surface area contributed by atoms with Crippen LogP contribution in [0.2, 0.25) is 0 Å². The van der Waals surface area contributed by atoms with Crippen molar-refractivity contribution in [1.29, 1.82) is 0 Å². The number of nitrogens with two attached hydrogens (primary N) is 1. The van der Waals surface area contributed by atoms with E-state index in [0.29, 0.717) is 12.1 Å². The molecule has 82 valence electrons. The molecule has 3 nitrogen and oxygen atoms in total. The smallest absolute Gasteiger partial charge is 0.228 e. The van der Waals surface area contributed by atoms with Crippen molar-refractivity contribution < 1.29 is 4.79 Å². The third kappa shape index (κ3) is 2.84. The van der Waals surface area contributed by atoms with Gasteiger partial charge in [-0.2, -0.15) is 11.3 Å². The Kier molecular flexibility index (Phi) is 3.22. The van der Waals surface area contributed by atoms with Crippen LogP contribution in [0, 0.1) is 0 Å². The maximum atomic E-state index is 11.6. The number of carbonyl (C=O) groups excluding carboxylic acids is 1. The molecule has 0 fully saturated rings. The zero-order valence-corrected chi connectivity index (χ0v) is 9.46. The number of benzene rings is 1. The van der Waals surface area contributed by atoms with Crippen molar-refractivity contribution in [1.82, 2.24) is 0 Å². The Morgan fingerprint density at radius 3 is 2.94 bits per heavy atom. The van der Waals surface area contributed by atoms with Crippen LogP contribution in [-0.2, 0) is 11.2 Å². The average molecular weight is 232 g/mol. The number of anilines is 2. The van der Waals surface area contributed by atoms with Crippen LogP contribution in [-0.4, -0.2) is 5.91 Å². The van der Waals surface area contributed by atoms with Crippen molar-refractivity contribution in [3.05, 3.63) is 46.7 Å². The van der Waals surface area contributed by atoms with Crippen LogP contribution in [0.5, 0.6) is 0 Å². The number of thiophene rings is 1. The van der Waals surface area contributed by atoms with Gasteiger partial charge < -0.3 is 11.1 Å². The third-order valence-electron chi connectivity index (χ3n) is 2.12. The predicted octanol–water partition coefficient (Wildman–Crippen LogP) is 2.51. The van der Waals surface area contributed by atoms with Gasteiger partial charge in [0.15, 0.2) is 0 Å². The highest BCUT2D eigenvalue weighted by Crippen LogP contribution is 2.13. The number of nitrogen functional groups attached to an aromatic ring is 1. The maximum absolute atomic E-state index is 11.6. The lowest BCUT2D eigenvalue weighted by atomic mass is 10.2. The molecule has 0 bridgehead atoms. The van der Waals surface area contributed by atoms with Gasteiger partial charge in [0, 0.05) is 11.4 Å². The molecule has 0 spiro atoms. The molecule has 0 aliphatic rings. The largest absolute Gasteiger partial charge is 0.399 e. The highest BCUT2D eigenvalue weighted by atomic mass is 32.1. The normalized spacial score (nSPS) is 10.0. The van der Waals surface area contributed by atoms with E-state index < -0.39 is 0 Å². The average Bonchev–Trinajstić information content (AvgIpc) is 2.70. The number of hydrogen-bond acceptors (Lipinski definition) is 3. The van der Waals surface area contributed by atoms with Crippen LogP contribution in [0.25, 0.3) is 0 Å². The molecule has 1 amide bonds. The molecule has 1 aromatic carbocycles. The molecule has 1 aromatic heterocycles. The summed E-state index contributed by atoms with van der Waals surface area (Å²) in [7, 11) is 0. The summed E-state index contributed by atoms with van der Waals surface area (Å²) in [4.78, 5) is 11.6. The Balaban J connectivity index is 1.97. The summed E-state index contributed by atoms with van der Waals surface area (Å²) in [5.74, 6) is -0.0241. The van der Waals surface area contributed by atoms with Crippen molar-refractivity contribution >= 4 is 28.6 Å². The molecule has 0 saturated heterocycles. The molecule has 1 heterocycles. The number of hydrogen-bond donors (Lipinski definition) is 2. The predicted molar refractivity (Wildman–Crippen MR) is 67.5 cm³/mol. The third-order valence-corrected chi connectivity index (χ3v) is 2.85. The highest BCUT2D eigenvalue weighted by Gasteiger charge is 2.04. The van der Waals surface area contributed by atoms with Crippen LogP contribution < -0.4 is 11.1 Å². The van der Waals surface area contributed by atoms with Crippen molar-refractivity contribution in [2.24, 2.45) is 0 Å². The fraction of sp³-hybridized carbons (Fsp3) is 0.0833. The van der Waals surface area contributed by atoms with E-state index in [9.17, 15) is 4.79 Å². The number of nitrogens with one attached hydrogen (secondary N) is 1. The molecule has 0 aliphatic carbocycles. The van der Waals surface area contributed by atoms with Crippen LogP contribution in [0.15, 0.2) is 41.1 Å². The Bertz CT molecular complexity index is 480. The Labute approximate surface area is 97.9 Å². The topological polar surface area (TPSA) is 55.1 Å². The van der Waals surface area contributed by atoms with Gasteiger partial charge in [0.2, 0.25) is 5.91 Å². The Morgan fingerprint density at radius 2 is 2.25 bits per heavy atom. The van der Waals surface area contributed by atoms with Gasteiger partial charge in [0.05, 0.1) is 6.42 Å². The first kappa shape index (κ1) is 10.7. The minimum absolute atomic E-state index is 0.0241. The van der Waals surface area contributed by atoms with Gasteiger partial charge >= 0.3 is 0 Å². The second-order valence-corrected chi connectivity index (χ2v) is 4.26. The Morgan fingerprint density at radius 1 is 1.38 bits per heavy atom. The second-order valence-electron chi connectivity index (χ2n) is 3.48. The van der Waals surface area contributed by atoms with Gasteiger partial charge in [-0.05, 0) is 40.6 Å². The van der Waals surface area contributed by atoms with Gasteiger partial charge in [-0.3, -0.25) is 4.79 Å². The molecule has 0 aliphatic heterocycles. The van der Waals surface area contributed by atoms with E-state index in [4.69, 9.17) is 5.73 Å². The van der Waals surface area contributed by atoms with Gasteiger partial charge in [0.25, 0.3) is 0 Å². The summed E-state index contributed by atoms with van der Waals surface area (Å²) in [5.41, 5.74) is 8.04. The molecule has 0 saturated carbocycles.